The normalized spacial score (nSPS) is 10.8. The van der Waals surface area contributed by atoms with Crippen LogP contribution < -0.4 is 11.1 Å². The molecule has 1 aromatic heterocycles. The average molecular weight is 331 g/mol. The number of oxazole rings is 1. The predicted molar refractivity (Wildman–Crippen MR) is 88.7 cm³/mol. The van der Waals surface area contributed by atoms with Crippen molar-refractivity contribution in [1.82, 2.24) is 10.3 Å². The van der Waals surface area contributed by atoms with Gasteiger partial charge in [-0.15, -0.1) is 0 Å². The van der Waals surface area contributed by atoms with Crippen molar-refractivity contribution in [1.29, 1.82) is 0 Å². The van der Waals surface area contributed by atoms with E-state index in [-0.39, 0.29) is 12.3 Å². The van der Waals surface area contributed by atoms with Gasteiger partial charge in [0.2, 0.25) is 5.91 Å². The quantitative estimate of drug-likeness (QED) is 0.755. The van der Waals surface area contributed by atoms with E-state index in [1.807, 2.05) is 24.3 Å². The van der Waals surface area contributed by atoms with Crippen molar-refractivity contribution in [2.45, 2.75) is 12.8 Å². The number of carbonyl (C=O) groups excluding carboxylic acids is 1. The van der Waals surface area contributed by atoms with Gasteiger partial charge in [0, 0.05) is 11.6 Å². The lowest BCUT2D eigenvalue weighted by Crippen LogP contribution is -2.27. The minimum Gasteiger partial charge on any atom is -0.408 e. The Kier molecular flexibility index (Phi) is 4.48. The number of hydrogen-bond acceptors (Lipinski definition) is 3. The zero-order valence-electron chi connectivity index (χ0n) is 12.3. The van der Waals surface area contributed by atoms with Crippen LogP contribution in [0.3, 0.4) is 0 Å². The molecular weight excluding hydrogens is 316 g/mol. The molecule has 0 atom stereocenters. The number of aromatic nitrogens is 1. The van der Waals surface area contributed by atoms with Crippen molar-refractivity contribution >= 4 is 28.6 Å². The van der Waals surface area contributed by atoms with Crippen molar-refractivity contribution in [3.63, 3.8) is 0 Å². The summed E-state index contributed by atoms with van der Waals surface area (Å²) in [5, 5.41) is 3.57. The summed E-state index contributed by atoms with van der Waals surface area (Å²) in [6.07, 6.45) is 0.971. The number of benzene rings is 2. The number of halogens is 1. The highest BCUT2D eigenvalue weighted by Gasteiger charge is 2.06. The molecule has 0 bridgehead atoms. The van der Waals surface area contributed by atoms with Crippen LogP contribution in [0, 0.1) is 0 Å². The molecule has 2 N–H and O–H groups in total. The van der Waals surface area contributed by atoms with Crippen LogP contribution in [0.1, 0.15) is 11.1 Å². The molecule has 2 aromatic carbocycles. The zero-order valence-corrected chi connectivity index (χ0v) is 13.0. The molecule has 0 spiro atoms. The Hall–Kier alpha value is -2.53. The predicted octanol–water partition coefficient (Wildman–Crippen LogP) is 2.68. The Morgan fingerprint density at radius 2 is 2.04 bits per heavy atom. The van der Waals surface area contributed by atoms with Crippen LogP contribution >= 0.6 is 11.6 Å². The molecule has 118 valence electrons. The first kappa shape index (κ1) is 15.4. The summed E-state index contributed by atoms with van der Waals surface area (Å²) in [5.74, 6) is -0.569. The van der Waals surface area contributed by atoms with Gasteiger partial charge in [-0.2, -0.15) is 0 Å². The van der Waals surface area contributed by atoms with E-state index in [9.17, 15) is 9.59 Å². The average Bonchev–Trinajstić information content (AvgIpc) is 2.86. The van der Waals surface area contributed by atoms with Crippen molar-refractivity contribution in [2.75, 3.05) is 6.54 Å². The third-order valence-corrected chi connectivity index (χ3v) is 3.71. The van der Waals surface area contributed by atoms with Gasteiger partial charge in [0.15, 0.2) is 5.58 Å². The second kappa shape index (κ2) is 6.71. The van der Waals surface area contributed by atoms with Gasteiger partial charge in [0.05, 0.1) is 11.9 Å². The van der Waals surface area contributed by atoms with E-state index in [0.717, 1.165) is 17.5 Å². The molecule has 0 aliphatic rings. The molecule has 0 saturated heterocycles. The first-order valence-electron chi connectivity index (χ1n) is 7.23. The molecule has 0 saturated carbocycles. The van der Waals surface area contributed by atoms with E-state index in [4.69, 9.17) is 16.0 Å². The second-order valence-electron chi connectivity index (χ2n) is 5.25. The van der Waals surface area contributed by atoms with E-state index in [0.29, 0.717) is 22.7 Å². The zero-order chi connectivity index (χ0) is 16.2. The lowest BCUT2D eigenvalue weighted by Gasteiger charge is -2.06. The van der Waals surface area contributed by atoms with E-state index >= 15 is 0 Å². The largest absolute Gasteiger partial charge is 0.417 e. The summed E-state index contributed by atoms with van der Waals surface area (Å²) < 4.78 is 4.93. The summed E-state index contributed by atoms with van der Waals surface area (Å²) in [6, 6.07) is 12.8. The molecular formula is C17H15ClN2O3. The van der Waals surface area contributed by atoms with E-state index in [1.165, 1.54) is 0 Å². The third kappa shape index (κ3) is 4.02. The summed E-state index contributed by atoms with van der Waals surface area (Å²) in [6.45, 7) is 0.546. The van der Waals surface area contributed by atoms with Crippen molar-refractivity contribution in [3.05, 3.63) is 69.2 Å². The number of fused-ring (bicyclic) bond motifs is 1. The van der Waals surface area contributed by atoms with E-state index in [1.54, 1.807) is 18.2 Å². The molecule has 6 heteroatoms. The fourth-order valence-electron chi connectivity index (χ4n) is 2.40. The topological polar surface area (TPSA) is 75.1 Å². The van der Waals surface area contributed by atoms with E-state index < -0.39 is 5.76 Å². The molecule has 0 radical (unpaired) electrons. The Balaban J connectivity index is 1.54. The van der Waals surface area contributed by atoms with Crippen molar-refractivity contribution in [2.24, 2.45) is 0 Å². The number of carbonyl (C=O) groups is 1. The molecule has 0 unspecified atom stereocenters. The number of rotatable bonds is 5. The number of aromatic amines is 1. The van der Waals surface area contributed by atoms with Crippen LogP contribution in [-0.4, -0.2) is 17.4 Å². The summed E-state index contributed by atoms with van der Waals surface area (Å²) in [5.41, 5.74) is 2.98. The van der Waals surface area contributed by atoms with Crippen LogP contribution in [0.5, 0.6) is 0 Å². The van der Waals surface area contributed by atoms with E-state index in [2.05, 4.69) is 10.3 Å². The maximum atomic E-state index is 12.0. The first-order valence-corrected chi connectivity index (χ1v) is 7.61. The number of H-pyrrole nitrogens is 1. The molecule has 3 rings (SSSR count). The monoisotopic (exact) mass is 330 g/mol. The second-order valence-corrected chi connectivity index (χ2v) is 5.69. The van der Waals surface area contributed by atoms with Gasteiger partial charge in [-0.25, -0.2) is 4.79 Å². The van der Waals surface area contributed by atoms with Crippen LogP contribution in [0.2, 0.25) is 5.02 Å². The Bertz CT molecular complexity index is 898. The Morgan fingerprint density at radius 1 is 1.17 bits per heavy atom. The minimum absolute atomic E-state index is 0.0720. The number of amides is 1. The molecule has 23 heavy (non-hydrogen) atoms. The molecule has 0 aliphatic heterocycles. The molecule has 0 aliphatic carbocycles. The standard InChI is InChI=1S/C17H15ClN2O3/c18-13-3-1-2-11(8-13)6-7-19-16(21)10-12-4-5-15-14(9-12)20-17(22)23-15/h1-5,8-9H,6-7,10H2,(H,19,21)(H,20,22). The molecule has 1 amide bonds. The fraction of sp³-hybridized carbons (Fsp3) is 0.176. The van der Waals surface area contributed by atoms with Crippen molar-refractivity contribution in [3.8, 4) is 0 Å². The van der Waals surface area contributed by atoms with Gasteiger partial charge in [-0.3, -0.25) is 9.78 Å². The van der Waals surface area contributed by atoms with Crippen LogP contribution in [-0.2, 0) is 17.6 Å². The van der Waals surface area contributed by atoms with Crippen LogP contribution in [0.15, 0.2) is 51.7 Å². The minimum atomic E-state index is -0.497. The van der Waals surface area contributed by atoms with Gasteiger partial charge in [0.1, 0.15) is 0 Å². The maximum absolute atomic E-state index is 12.0. The maximum Gasteiger partial charge on any atom is 0.417 e. The highest BCUT2D eigenvalue weighted by molar-refractivity contribution is 6.30. The Labute approximate surface area is 137 Å². The summed E-state index contributed by atoms with van der Waals surface area (Å²) in [4.78, 5) is 25.7. The number of hydrogen-bond donors (Lipinski definition) is 2. The van der Waals surface area contributed by atoms with Gasteiger partial charge in [-0.1, -0.05) is 29.8 Å². The highest BCUT2D eigenvalue weighted by atomic mass is 35.5. The van der Waals surface area contributed by atoms with Gasteiger partial charge >= 0.3 is 5.76 Å². The fourth-order valence-corrected chi connectivity index (χ4v) is 2.61. The molecule has 1 heterocycles. The molecule has 5 nitrogen and oxygen atoms in total. The first-order chi connectivity index (χ1) is 11.1. The molecule has 3 aromatic rings. The summed E-state index contributed by atoms with van der Waals surface area (Å²) in [7, 11) is 0. The van der Waals surface area contributed by atoms with Crippen LogP contribution in [0.4, 0.5) is 0 Å². The lowest BCUT2D eigenvalue weighted by atomic mass is 10.1. The van der Waals surface area contributed by atoms with Crippen molar-refractivity contribution < 1.29 is 9.21 Å². The third-order valence-electron chi connectivity index (χ3n) is 3.47. The van der Waals surface area contributed by atoms with Gasteiger partial charge < -0.3 is 9.73 Å². The smallest absolute Gasteiger partial charge is 0.408 e. The SMILES string of the molecule is O=C(Cc1ccc2oc(=O)[nH]c2c1)NCCc1cccc(Cl)c1. The Morgan fingerprint density at radius 3 is 2.87 bits per heavy atom. The van der Waals surface area contributed by atoms with Gasteiger partial charge in [-0.05, 0) is 41.8 Å². The van der Waals surface area contributed by atoms with Crippen LogP contribution in [0.25, 0.3) is 11.1 Å². The molecule has 0 fully saturated rings. The summed E-state index contributed by atoms with van der Waals surface area (Å²) >= 11 is 5.92. The lowest BCUT2D eigenvalue weighted by molar-refractivity contribution is -0.120. The number of nitrogens with one attached hydrogen (secondary N) is 2. The highest BCUT2D eigenvalue weighted by Crippen LogP contribution is 2.13. The van der Waals surface area contributed by atoms with Gasteiger partial charge in [0.25, 0.3) is 0 Å².